The van der Waals surface area contributed by atoms with Crippen molar-refractivity contribution in [3.8, 4) is 6.07 Å². The number of hydrogen-bond donors (Lipinski definition) is 0. The molecule has 0 radical (unpaired) electrons. The number of fused-ring (bicyclic) bond motifs is 1. The summed E-state index contributed by atoms with van der Waals surface area (Å²) < 4.78 is 0. The Labute approximate surface area is 90.7 Å². The lowest BCUT2D eigenvalue weighted by Gasteiger charge is -2.01. The average Bonchev–Trinajstić information content (AvgIpc) is 2.17. The number of halogens is 2. The summed E-state index contributed by atoms with van der Waals surface area (Å²) in [5.41, 5.74) is 1.13. The molecule has 2 nitrogen and oxygen atoms in total. The van der Waals surface area contributed by atoms with Gasteiger partial charge in [0.05, 0.1) is 16.1 Å². The van der Waals surface area contributed by atoms with Crippen LogP contribution >= 0.6 is 23.2 Å². The molecule has 2 rings (SSSR count). The maximum atomic E-state index is 8.90. The Balaban J connectivity index is 2.93. The summed E-state index contributed by atoms with van der Waals surface area (Å²) in [5.74, 6) is 0. The highest BCUT2D eigenvalue weighted by Gasteiger charge is 2.06. The molecule has 0 saturated heterocycles. The van der Waals surface area contributed by atoms with Gasteiger partial charge in [0.2, 0.25) is 0 Å². The van der Waals surface area contributed by atoms with Crippen LogP contribution in [-0.4, -0.2) is 4.98 Å². The van der Waals surface area contributed by atoms with E-state index < -0.39 is 0 Å². The number of benzene rings is 1. The maximum Gasteiger partial charge on any atom is 0.101 e. The quantitative estimate of drug-likeness (QED) is 0.686. The van der Waals surface area contributed by atoms with Gasteiger partial charge in [0.1, 0.15) is 6.07 Å². The van der Waals surface area contributed by atoms with Gasteiger partial charge in [0.15, 0.2) is 0 Å². The van der Waals surface area contributed by atoms with E-state index in [9.17, 15) is 0 Å². The van der Waals surface area contributed by atoms with Crippen molar-refractivity contribution in [3.63, 3.8) is 0 Å². The Morgan fingerprint density at radius 2 is 2.07 bits per heavy atom. The Morgan fingerprint density at radius 1 is 1.29 bits per heavy atom. The summed E-state index contributed by atoms with van der Waals surface area (Å²) in [6.07, 6.45) is 1.47. The zero-order chi connectivity index (χ0) is 10.1. The molecule has 0 unspecified atom stereocenters. The molecule has 4 heteroatoms. The van der Waals surface area contributed by atoms with E-state index in [1.807, 2.05) is 6.07 Å². The third kappa shape index (κ3) is 1.41. The topological polar surface area (TPSA) is 36.7 Å². The van der Waals surface area contributed by atoms with Gasteiger partial charge in [-0.15, -0.1) is 0 Å². The molecular formula is C10H4Cl2N2. The number of nitriles is 1. The van der Waals surface area contributed by atoms with E-state index in [1.165, 1.54) is 6.20 Å². The van der Waals surface area contributed by atoms with Crippen LogP contribution in [0.15, 0.2) is 24.4 Å². The van der Waals surface area contributed by atoms with Gasteiger partial charge in [0, 0.05) is 16.6 Å². The first-order valence-electron chi connectivity index (χ1n) is 3.86. The Hall–Kier alpha value is -1.30. The van der Waals surface area contributed by atoms with Crippen molar-refractivity contribution in [2.45, 2.75) is 0 Å². The molecule has 0 N–H and O–H groups in total. The fourth-order valence-corrected chi connectivity index (χ4v) is 1.62. The molecule has 0 saturated carbocycles. The van der Waals surface area contributed by atoms with E-state index in [-0.39, 0.29) is 0 Å². The first kappa shape index (κ1) is 9.26. The lowest BCUT2D eigenvalue weighted by atomic mass is 10.1. The smallest absolute Gasteiger partial charge is 0.101 e. The summed E-state index contributed by atoms with van der Waals surface area (Å²) in [4.78, 5) is 4.09. The summed E-state index contributed by atoms with van der Waals surface area (Å²) in [5, 5.41) is 10.5. The highest BCUT2D eigenvalue weighted by atomic mass is 35.5. The number of nitrogens with zero attached hydrogens (tertiary/aromatic N) is 2. The number of rotatable bonds is 0. The average molecular weight is 223 g/mol. The molecule has 0 bridgehead atoms. The highest BCUT2D eigenvalue weighted by molar-refractivity contribution is 6.33. The fourth-order valence-electron chi connectivity index (χ4n) is 1.25. The Kier molecular flexibility index (Phi) is 2.28. The first-order valence-corrected chi connectivity index (χ1v) is 4.62. The van der Waals surface area contributed by atoms with Crippen molar-refractivity contribution < 1.29 is 0 Å². The third-order valence-corrected chi connectivity index (χ3v) is 2.42. The zero-order valence-electron chi connectivity index (χ0n) is 6.96. The van der Waals surface area contributed by atoms with Crippen LogP contribution in [-0.2, 0) is 0 Å². The highest BCUT2D eigenvalue weighted by Crippen LogP contribution is 2.25. The molecule has 2 aromatic rings. The van der Waals surface area contributed by atoms with E-state index in [0.29, 0.717) is 21.0 Å². The summed E-state index contributed by atoms with van der Waals surface area (Å²) in [6.45, 7) is 0. The van der Waals surface area contributed by atoms with Crippen LogP contribution in [0.3, 0.4) is 0 Å². The van der Waals surface area contributed by atoms with Crippen LogP contribution < -0.4 is 0 Å². The molecule has 0 spiro atoms. The monoisotopic (exact) mass is 222 g/mol. The van der Waals surface area contributed by atoms with Crippen LogP contribution in [0.4, 0.5) is 0 Å². The molecule has 0 aliphatic heterocycles. The number of hydrogen-bond acceptors (Lipinski definition) is 2. The van der Waals surface area contributed by atoms with E-state index in [1.54, 1.807) is 18.2 Å². The van der Waals surface area contributed by atoms with Gasteiger partial charge in [0.25, 0.3) is 0 Å². The van der Waals surface area contributed by atoms with Crippen LogP contribution in [0.5, 0.6) is 0 Å². The maximum absolute atomic E-state index is 8.90. The van der Waals surface area contributed by atoms with E-state index in [2.05, 4.69) is 4.98 Å². The minimum atomic E-state index is 0.349. The predicted molar refractivity (Wildman–Crippen MR) is 56.5 cm³/mol. The molecule has 0 aliphatic rings. The Bertz CT molecular complexity index is 538. The number of pyridine rings is 1. The lowest BCUT2D eigenvalue weighted by Crippen LogP contribution is -1.85. The van der Waals surface area contributed by atoms with Crippen molar-refractivity contribution >= 4 is 34.1 Å². The van der Waals surface area contributed by atoms with Gasteiger partial charge in [-0.3, -0.25) is 4.98 Å². The molecule has 14 heavy (non-hydrogen) atoms. The van der Waals surface area contributed by atoms with Crippen molar-refractivity contribution in [3.05, 3.63) is 40.0 Å². The summed E-state index contributed by atoms with van der Waals surface area (Å²) >= 11 is 11.6. The largest absolute Gasteiger partial charge is 0.255 e. The predicted octanol–water partition coefficient (Wildman–Crippen LogP) is 3.41. The van der Waals surface area contributed by atoms with Gasteiger partial charge < -0.3 is 0 Å². The first-order chi connectivity index (χ1) is 6.72. The van der Waals surface area contributed by atoms with Crippen LogP contribution in [0.1, 0.15) is 5.56 Å². The van der Waals surface area contributed by atoms with Gasteiger partial charge in [-0.2, -0.15) is 5.26 Å². The van der Waals surface area contributed by atoms with E-state index in [4.69, 9.17) is 28.5 Å². The summed E-state index contributed by atoms with van der Waals surface area (Å²) in [7, 11) is 0. The van der Waals surface area contributed by atoms with Crippen molar-refractivity contribution in [1.82, 2.24) is 4.98 Å². The Morgan fingerprint density at radius 3 is 2.79 bits per heavy atom. The second-order valence-electron chi connectivity index (χ2n) is 2.75. The molecule has 0 fully saturated rings. The van der Waals surface area contributed by atoms with E-state index >= 15 is 0 Å². The van der Waals surface area contributed by atoms with Gasteiger partial charge in [-0.05, 0) is 18.2 Å². The van der Waals surface area contributed by atoms with Crippen molar-refractivity contribution in [2.75, 3.05) is 0 Å². The molecule has 1 aromatic carbocycles. The standard InChI is InChI=1S/C10H4Cl2N2/c11-6-1-2-10-7(3-6)8(4-13)9(12)5-14-10/h1-3,5H. The number of aromatic nitrogens is 1. The van der Waals surface area contributed by atoms with Crippen LogP contribution in [0.2, 0.25) is 10.0 Å². The van der Waals surface area contributed by atoms with Crippen LogP contribution in [0, 0.1) is 11.3 Å². The molecule has 0 amide bonds. The molecule has 1 heterocycles. The zero-order valence-corrected chi connectivity index (χ0v) is 8.47. The minimum absolute atomic E-state index is 0.349. The van der Waals surface area contributed by atoms with Gasteiger partial charge >= 0.3 is 0 Å². The lowest BCUT2D eigenvalue weighted by molar-refractivity contribution is 1.39. The van der Waals surface area contributed by atoms with Crippen molar-refractivity contribution in [1.29, 1.82) is 5.26 Å². The molecular weight excluding hydrogens is 219 g/mol. The molecule has 1 aromatic heterocycles. The van der Waals surface area contributed by atoms with Gasteiger partial charge in [-0.1, -0.05) is 23.2 Å². The molecule has 68 valence electrons. The minimum Gasteiger partial charge on any atom is -0.255 e. The van der Waals surface area contributed by atoms with Gasteiger partial charge in [-0.25, -0.2) is 0 Å². The van der Waals surface area contributed by atoms with E-state index in [0.717, 1.165) is 5.52 Å². The second kappa shape index (κ2) is 3.45. The molecule has 0 aliphatic carbocycles. The normalized spacial score (nSPS) is 10.1. The SMILES string of the molecule is N#Cc1c(Cl)cnc2ccc(Cl)cc12. The summed E-state index contributed by atoms with van der Waals surface area (Å²) in [6, 6.07) is 7.21. The van der Waals surface area contributed by atoms with Crippen LogP contribution in [0.25, 0.3) is 10.9 Å². The second-order valence-corrected chi connectivity index (χ2v) is 3.60. The molecule has 0 atom stereocenters. The van der Waals surface area contributed by atoms with Crippen molar-refractivity contribution in [2.24, 2.45) is 0 Å². The third-order valence-electron chi connectivity index (χ3n) is 1.90. The fraction of sp³-hybridized carbons (Fsp3) is 0.